The summed E-state index contributed by atoms with van der Waals surface area (Å²) < 4.78 is 8.10. The minimum atomic E-state index is 0.0463. The van der Waals surface area contributed by atoms with Gasteiger partial charge in [-0.05, 0) is 55.2 Å². The highest BCUT2D eigenvalue weighted by atomic mass is 16.5. The fourth-order valence-corrected chi connectivity index (χ4v) is 4.00. The summed E-state index contributed by atoms with van der Waals surface area (Å²) in [6, 6.07) is 26.2. The van der Waals surface area contributed by atoms with E-state index in [9.17, 15) is 4.79 Å². The van der Waals surface area contributed by atoms with E-state index in [0.717, 1.165) is 53.1 Å². The Bertz CT molecular complexity index is 1180. The zero-order valence-corrected chi connectivity index (χ0v) is 19.2. The number of para-hydroxylation sites is 3. The monoisotopic (exact) mass is 441 g/mol. The number of ether oxygens (including phenoxy) is 1. The van der Waals surface area contributed by atoms with Crippen LogP contribution in [0.25, 0.3) is 11.0 Å². The van der Waals surface area contributed by atoms with Crippen molar-refractivity contribution in [1.82, 2.24) is 14.9 Å². The Labute approximate surface area is 195 Å². The van der Waals surface area contributed by atoms with Gasteiger partial charge in [0.05, 0.1) is 24.1 Å². The van der Waals surface area contributed by atoms with Gasteiger partial charge in [0.2, 0.25) is 5.91 Å². The lowest BCUT2D eigenvalue weighted by Gasteiger charge is -2.11. The van der Waals surface area contributed by atoms with Crippen LogP contribution in [0.15, 0.2) is 78.9 Å². The van der Waals surface area contributed by atoms with Crippen molar-refractivity contribution in [3.05, 3.63) is 95.8 Å². The number of nitrogens with zero attached hydrogens (tertiary/aromatic N) is 2. The fraction of sp³-hybridized carbons (Fsp3) is 0.286. The molecule has 0 radical (unpaired) electrons. The third-order valence-corrected chi connectivity index (χ3v) is 5.80. The smallest absolute Gasteiger partial charge is 0.224 e. The summed E-state index contributed by atoms with van der Waals surface area (Å²) in [5.41, 5.74) is 4.35. The molecule has 0 fully saturated rings. The molecule has 0 bridgehead atoms. The van der Waals surface area contributed by atoms with Crippen LogP contribution >= 0.6 is 0 Å². The second kappa shape index (κ2) is 11.3. The van der Waals surface area contributed by atoms with Crippen LogP contribution in [0.5, 0.6) is 5.75 Å². The van der Waals surface area contributed by atoms with Crippen molar-refractivity contribution in [3.63, 3.8) is 0 Å². The number of aromatic nitrogens is 2. The van der Waals surface area contributed by atoms with Crippen LogP contribution in [0.1, 0.15) is 29.8 Å². The van der Waals surface area contributed by atoms with Gasteiger partial charge in [0.15, 0.2) is 0 Å². The number of rotatable bonds is 11. The van der Waals surface area contributed by atoms with Crippen LogP contribution in [0.2, 0.25) is 0 Å². The van der Waals surface area contributed by atoms with Crippen molar-refractivity contribution >= 4 is 16.9 Å². The average Bonchev–Trinajstić information content (AvgIpc) is 3.18. The van der Waals surface area contributed by atoms with Crippen LogP contribution in [-0.4, -0.2) is 28.6 Å². The maximum Gasteiger partial charge on any atom is 0.224 e. The number of benzene rings is 3. The molecule has 0 saturated heterocycles. The third kappa shape index (κ3) is 6.22. The van der Waals surface area contributed by atoms with Gasteiger partial charge in [0.25, 0.3) is 0 Å². The molecule has 170 valence electrons. The Balaban J connectivity index is 1.31. The number of carbonyl (C=O) groups excluding carboxylic acids is 1. The Morgan fingerprint density at radius 2 is 1.70 bits per heavy atom. The molecule has 33 heavy (non-hydrogen) atoms. The first-order valence-corrected chi connectivity index (χ1v) is 11.6. The van der Waals surface area contributed by atoms with Crippen molar-refractivity contribution in [1.29, 1.82) is 0 Å². The molecule has 0 atom stereocenters. The highest BCUT2D eigenvalue weighted by Crippen LogP contribution is 2.18. The summed E-state index contributed by atoms with van der Waals surface area (Å²) in [6.07, 6.45) is 3.08. The van der Waals surface area contributed by atoms with E-state index in [-0.39, 0.29) is 5.91 Å². The summed E-state index contributed by atoms with van der Waals surface area (Å²) in [5.74, 6) is 1.97. The van der Waals surface area contributed by atoms with E-state index in [1.165, 1.54) is 0 Å². The normalized spacial score (nSPS) is 10.9. The van der Waals surface area contributed by atoms with Crippen LogP contribution in [0.4, 0.5) is 0 Å². The number of carbonyl (C=O) groups is 1. The van der Waals surface area contributed by atoms with Gasteiger partial charge >= 0.3 is 0 Å². The number of hydrogen-bond acceptors (Lipinski definition) is 3. The highest BCUT2D eigenvalue weighted by molar-refractivity contribution is 5.79. The van der Waals surface area contributed by atoms with E-state index in [2.05, 4.69) is 16.0 Å². The van der Waals surface area contributed by atoms with Gasteiger partial charge in [-0.3, -0.25) is 4.79 Å². The average molecular weight is 442 g/mol. The van der Waals surface area contributed by atoms with E-state index in [1.54, 1.807) is 0 Å². The van der Waals surface area contributed by atoms with Crippen LogP contribution in [0.3, 0.4) is 0 Å². The molecule has 0 aliphatic carbocycles. The molecule has 5 heteroatoms. The maximum atomic E-state index is 12.4. The second-order valence-corrected chi connectivity index (χ2v) is 8.24. The van der Waals surface area contributed by atoms with Crippen molar-refractivity contribution in [2.75, 3.05) is 13.2 Å². The number of imidazole rings is 1. The van der Waals surface area contributed by atoms with Crippen molar-refractivity contribution in [2.24, 2.45) is 0 Å². The molecule has 4 aromatic rings. The largest absolute Gasteiger partial charge is 0.494 e. The van der Waals surface area contributed by atoms with E-state index in [1.807, 2.05) is 79.7 Å². The molecule has 0 unspecified atom stereocenters. The topological polar surface area (TPSA) is 56.2 Å². The summed E-state index contributed by atoms with van der Waals surface area (Å²) in [4.78, 5) is 17.3. The SMILES string of the molecule is Cc1ccccc1CC(=O)NCCc1nc2ccccc2n1CCCCOc1ccccc1. The van der Waals surface area contributed by atoms with E-state index in [0.29, 0.717) is 26.0 Å². The van der Waals surface area contributed by atoms with Gasteiger partial charge in [-0.2, -0.15) is 0 Å². The van der Waals surface area contributed by atoms with Gasteiger partial charge in [-0.15, -0.1) is 0 Å². The van der Waals surface area contributed by atoms with Gasteiger partial charge < -0.3 is 14.6 Å². The summed E-state index contributed by atoms with van der Waals surface area (Å²) in [5, 5.41) is 3.06. The van der Waals surface area contributed by atoms with E-state index >= 15 is 0 Å². The third-order valence-electron chi connectivity index (χ3n) is 5.80. The molecular formula is C28H31N3O2. The number of amides is 1. The van der Waals surface area contributed by atoms with Gasteiger partial charge in [0, 0.05) is 19.5 Å². The van der Waals surface area contributed by atoms with Crippen LogP contribution in [-0.2, 0) is 24.2 Å². The number of aryl methyl sites for hydroxylation is 2. The fourth-order valence-electron chi connectivity index (χ4n) is 4.00. The summed E-state index contributed by atoms with van der Waals surface area (Å²) >= 11 is 0. The molecule has 1 heterocycles. The summed E-state index contributed by atoms with van der Waals surface area (Å²) in [7, 11) is 0. The minimum absolute atomic E-state index is 0.0463. The Morgan fingerprint density at radius 3 is 2.55 bits per heavy atom. The maximum absolute atomic E-state index is 12.4. The lowest BCUT2D eigenvalue weighted by molar-refractivity contribution is -0.120. The number of unbranched alkanes of at least 4 members (excludes halogenated alkanes) is 1. The van der Waals surface area contributed by atoms with Crippen molar-refractivity contribution in [2.45, 2.75) is 39.2 Å². The second-order valence-electron chi connectivity index (χ2n) is 8.24. The zero-order valence-electron chi connectivity index (χ0n) is 19.2. The molecule has 4 rings (SSSR count). The molecule has 0 aliphatic rings. The molecule has 1 amide bonds. The van der Waals surface area contributed by atoms with Gasteiger partial charge in [0.1, 0.15) is 11.6 Å². The first-order valence-electron chi connectivity index (χ1n) is 11.6. The minimum Gasteiger partial charge on any atom is -0.494 e. The Morgan fingerprint density at radius 1 is 0.939 bits per heavy atom. The molecular weight excluding hydrogens is 410 g/mol. The van der Waals surface area contributed by atoms with Crippen LogP contribution < -0.4 is 10.1 Å². The van der Waals surface area contributed by atoms with E-state index < -0.39 is 0 Å². The van der Waals surface area contributed by atoms with Crippen LogP contribution in [0, 0.1) is 6.92 Å². The molecule has 0 aliphatic heterocycles. The molecule has 3 aromatic carbocycles. The van der Waals surface area contributed by atoms with E-state index in [4.69, 9.17) is 9.72 Å². The molecule has 5 nitrogen and oxygen atoms in total. The molecule has 0 saturated carbocycles. The molecule has 0 spiro atoms. The first-order chi connectivity index (χ1) is 16.2. The molecule has 1 aromatic heterocycles. The first kappa shape index (κ1) is 22.6. The Hall–Kier alpha value is -3.60. The van der Waals surface area contributed by atoms with Crippen molar-refractivity contribution < 1.29 is 9.53 Å². The molecule has 1 N–H and O–H groups in total. The zero-order chi connectivity index (χ0) is 22.9. The number of nitrogens with one attached hydrogen (secondary N) is 1. The lowest BCUT2D eigenvalue weighted by Crippen LogP contribution is -2.28. The van der Waals surface area contributed by atoms with Crippen molar-refractivity contribution in [3.8, 4) is 5.75 Å². The number of hydrogen-bond donors (Lipinski definition) is 1. The lowest BCUT2D eigenvalue weighted by atomic mass is 10.1. The quantitative estimate of drug-likeness (QED) is 0.329. The van der Waals surface area contributed by atoms with Gasteiger partial charge in [-0.1, -0.05) is 54.6 Å². The summed E-state index contributed by atoms with van der Waals surface area (Å²) in [6.45, 7) is 4.19. The standard InChI is InChI=1S/C28H31N3O2/c1-22-11-5-6-12-23(22)21-28(32)29-18-17-27-30-25-15-7-8-16-26(25)31(27)19-9-10-20-33-24-13-3-2-4-14-24/h2-8,11-16H,9-10,17-21H2,1H3,(H,29,32). The highest BCUT2D eigenvalue weighted by Gasteiger charge is 2.11. The predicted molar refractivity (Wildman–Crippen MR) is 133 cm³/mol. The van der Waals surface area contributed by atoms with Gasteiger partial charge in [-0.25, -0.2) is 4.98 Å². The predicted octanol–water partition coefficient (Wildman–Crippen LogP) is 5.11. The number of fused-ring (bicyclic) bond motifs is 1. The Kier molecular flexibility index (Phi) is 7.75.